The average molecular weight is 170 g/mol. The van der Waals surface area contributed by atoms with Crippen molar-refractivity contribution in [2.45, 2.75) is 13.0 Å². The highest BCUT2D eigenvalue weighted by molar-refractivity contribution is 4.98. The summed E-state index contributed by atoms with van der Waals surface area (Å²) < 4.78 is 1.57. The predicted octanol–water partition coefficient (Wildman–Crippen LogP) is -0.542. The van der Waals surface area contributed by atoms with Crippen LogP contribution in [0.4, 0.5) is 0 Å². The topological polar surface area (TPSA) is 63.0 Å². The molecule has 1 rings (SSSR count). The molecule has 0 saturated heterocycles. The van der Waals surface area contributed by atoms with Gasteiger partial charge in [0.25, 0.3) is 0 Å². The zero-order valence-electron chi connectivity index (χ0n) is 7.36. The molecule has 0 amide bonds. The summed E-state index contributed by atoms with van der Waals surface area (Å²) in [7, 11) is 1.76. The van der Waals surface area contributed by atoms with E-state index in [9.17, 15) is 5.11 Å². The molecule has 5 heteroatoms. The Balaban J connectivity index is 2.52. The smallest absolute Gasteiger partial charge is 0.110 e. The molecule has 0 spiro atoms. The molecule has 68 valence electrons. The van der Waals surface area contributed by atoms with Gasteiger partial charge in [-0.15, -0.1) is 5.10 Å². The summed E-state index contributed by atoms with van der Waals surface area (Å²) >= 11 is 0. The molecule has 1 atom stereocenters. The molecule has 12 heavy (non-hydrogen) atoms. The van der Waals surface area contributed by atoms with Crippen molar-refractivity contribution in [3.05, 3.63) is 11.9 Å². The third-order valence-corrected chi connectivity index (χ3v) is 1.68. The predicted molar refractivity (Wildman–Crippen MR) is 44.5 cm³/mol. The number of aryl methyl sites for hydroxylation is 1. The molecule has 1 unspecified atom stereocenters. The van der Waals surface area contributed by atoms with E-state index in [1.165, 1.54) is 0 Å². The van der Waals surface area contributed by atoms with Crippen LogP contribution in [0.15, 0.2) is 6.20 Å². The van der Waals surface area contributed by atoms with Crippen LogP contribution >= 0.6 is 0 Å². The van der Waals surface area contributed by atoms with E-state index in [0.29, 0.717) is 6.54 Å². The van der Waals surface area contributed by atoms with E-state index < -0.39 is 6.10 Å². The van der Waals surface area contributed by atoms with Crippen molar-refractivity contribution in [1.29, 1.82) is 0 Å². The Kier molecular flexibility index (Phi) is 3.19. The molecule has 0 saturated carbocycles. The van der Waals surface area contributed by atoms with Gasteiger partial charge in [-0.25, -0.2) is 4.68 Å². The molecule has 0 aliphatic rings. The number of nitrogens with zero attached hydrogens (tertiary/aromatic N) is 3. The highest BCUT2D eigenvalue weighted by Crippen LogP contribution is 2.07. The van der Waals surface area contributed by atoms with Crippen LogP contribution in [0.2, 0.25) is 0 Å². The Morgan fingerprint density at radius 3 is 3.00 bits per heavy atom. The molecule has 0 bridgehead atoms. The number of hydrogen-bond donors (Lipinski definition) is 2. The number of likely N-dealkylation sites (N-methyl/N-ethyl adjacent to an activating group) is 1. The van der Waals surface area contributed by atoms with Gasteiger partial charge in [0.2, 0.25) is 0 Å². The monoisotopic (exact) mass is 170 g/mol. The van der Waals surface area contributed by atoms with Crippen LogP contribution in [-0.2, 0) is 7.05 Å². The van der Waals surface area contributed by atoms with E-state index in [-0.39, 0.29) is 0 Å². The minimum absolute atomic E-state index is 0.523. The van der Waals surface area contributed by atoms with Crippen LogP contribution in [0.3, 0.4) is 0 Å². The summed E-state index contributed by atoms with van der Waals surface area (Å²) in [6, 6.07) is 0. The zero-order chi connectivity index (χ0) is 8.97. The lowest BCUT2D eigenvalue weighted by Gasteiger charge is -2.09. The Morgan fingerprint density at radius 2 is 2.50 bits per heavy atom. The summed E-state index contributed by atoms with van der Waals surface area (Å²) in [5, 5.41) is 20.0. The molecule has 0 aromatic carbocycles. The van der Waals surface area contributed by atoms with Crippen molar-refractivity contribution in [3.63, 3.8) is 0 Å². The average Bonchev–Trinajstić information content (AvgIpc) is 2.47. The summed E-state index contributed by atoms with van der Waals surface area (Å²) in [6.45, 7) is 3.38. The number of rotatable bonds is 4. The second-order valence-corrected chi connectivity index (χ2v) is 2.61. The van der Waals surface area contributed by atoms with Crippen LogP contribution in [0.1, 0.15) is 18.7 Å². The van der Waals surface area contributed by atoms with Crippen LogP contribution in [0.5, 0.6) is 0 Å². The van der Waals surface area contributed by atoms with Crippen molar-refractivity contribution in [3.8, 4) is 0 Å². The number of nitrogens with one attached hydrogen (secondary N) is 1. The molecular weight excluding hydrogens is 156 g/mol. The first-order valence-corrected chi connectivity index (χ1v) is 3.99. The number of aromatic nitrogens is 3. The van der Waals surface area contributed by atoms with Gasteiger partial charge in [-0.3, -0.25) is 0 Å². The van der Waals surface area contributed by atoms with Crippen molar-refractivity contribution in [2.75, 3.05) is 13.1 Å². The van der Waals surface area contributed by atoms with Crippen molar-refractivity contribution in [2.24, 2.45) is 7.05 Å². The van der Waals surface area contributed by atoms with E-state index >= 15 is 0 Å². The third kappa shape index (κ3) is 2.02. The Bertz CT molecular complexity index is 235. The van der Waals surface area contributed by atoms with Crippen LogP contribution in [-0.4, -0.2) is 33.2 Å². The lowest BCUT2D eigenvalue weighted by molar-refractivity contribution is 0.166. The Morgan fingerprint density at radius 1 is 1.75 bits per heavy atom. The van der Waals surface area contributed by atoms with Gasteiger partial charge < -0.3 is 10.4 Å². The number of hydrogen-bond acceptors (Lipinski definition) is 4. The van der Waals surface area contributed by atoms with E-state index in [4.69, 9.17) is 0 Å². The molecule has 1 aromatic rings. The first kappa shape index (κ1) is 9.15. The maximum Gasteiger partial charge on any atom is 0.110 e. The molecular formula is C7H14N4O. The van der Waals surface area contributed by atoms with Gasteiger partial charge in [-0.2, -0.15) is 0 Å². The van der Waals surface area contributed by atoms with Crippen molar-refractivity contribution < 1.29 is 5.11 Å². The number of aliphatic hydroxyl groups is 1. The first-order valence-electron chi connectivity index (χ1n) is 3.99. The van der Waals surface area contributed by atoms with Gasteiger partial charge >= 0.3 is 0 Å². The Labute approximate surface area is 71.4 Å². The molecule has 5 nitrogen and oxygen atoms in total. The third-order valence-electron chi connectivity index (χ3n) is 1.68. The summed E-state index contributed by atoms with van der Waals surface area (Å²) in [5.74, 6) is 0. The van der Waals surface area contributed by atoms with E-state index in [0.717, 1.165) is 12.2 Å². The van der Waals surface area contributed by atoms with Gasteiger partial charge in [-0.05, 0) is 6.54 Å². The van der Waals surface area contributed by atoms with E-state index in [2.05, 4.69) is 15.6 Å². The minimum atomic E-state index is -0.523. The highest BCUT2D eigenvalue weighted by atomic mass is 16.3. The number of aliphatic hydroxyl groups excluding tert-OH is 1. The van der Waals surface area contributed by atoms with Crippen LogP contribution < -0.4 is 5.32 Å². The van der Waals surface area contributed by atoms with Gasteiger partial charge in [0.15, 0.2) is 0 Å². The second-order valence-electron chi connectivity index (χ2n) is 2.61. The molecule has 0 radical (unpaired) electrons. The summed E-state index contributed by atoms with van der Waals surface area (Å²) in [4.78, 5) is 0. The van der Waals surface area contributed by atoms with Gasteiger partial charge in [0, 0.05) is 13.6 Å². The second kappa shape index (κ2) is 4.18. The fraction of sp³-hybridized carbons (Fsp3) is 0.714. The quantitative estimate of drug-likeness (QED) is 0.637. The zero-order valence-corrected chi connectivity index (χ0v) is 7.36. The summed E-state index contributed by atoms with van der Waals surface area (Å²) in [5.41, 5.74) is 0.732. The lowest BCUT2D eigenvalue weighted by Crippen LogP contribution is -2.22. The normalized spacial score (nSPS) is 13.2. The summed E-state index contributed by atoms with van der Waals surface area (Å²) in [6.07, 6.45) is 1.05. The minimum Gasteiger partial charge on any atom is -0.385 e. The molecule has 1 aromatic heterocycles. The van der Waals surface area contributed by atoms with E-state index in [1.807, 2.05) is 6.92 Å². The standard InChI is InChI=1S/C7H14N4O/c1-3-8-5-7(12)6-4-9-10-11(6)2/h4,7-8,12H,3,5H2,1-2H3. The van der Waals surface area contributed by atoms with Gasteiger partial charge in [0.1, 0.15) is 6.10 Å². The molecule has 0 aliphatic heterocycles. The largest absolute Gasteiger partial charge is 0.385 e. The molecule has 2 N–H and O–H groups in total. The lowest BCUT2D eigenvalue weighted by atomic mass is 10.2. The van der Waals surface area contributed by atoms with Crippen LogP contribution in [0, 0.1) is 0 Å². The van der Waals surface area contributed by atoms with Crippen LogP contribution in [0.25, 0.3) is 0 Å². The van der Waals surface area contributed by atoms with Crippen molar-refractivity contribution >= 4 is 0 Å². The molecule has 0 aliphatic carbocycles. The Hall–Kier alpha value is -0.940. The van der Waals surface area contributed by atoms with Crippen molar-refractivity contribution in [1.82, 2.24) is 20.3 Å². The maximum absolute atomic E-state index is 9.56. The first-order chi connectivity index (χ1) is 5.75. The highest BCUT2D eigenvalue weighted by Gasteiger charge is 2.10. The van der Waals surface area contributed by atoms with E-state index in [1.54, 1.807) is 17.9 Å². The molecule has 1 heterocycles. The SMILES string of the molecule is CCNCC(O)c1cnnn1C. The fourth-order valence-corrected chi connectivity index (χ4v) is 0.985. The van der Waals surface area contributed by atoms with Gasteiger partial charge in [0.05, 0.1) is 11.9 Å². The van der Waals surface area contributed by atoms with Gasteiger partial charge in [-0.1, -0.05) is 12.1 Å². The molecule has 0 fully saturated rings. The maximum atomic E-state index is 9.56. The fourth-order valence-electron chi connectivity index (χ4n) is 0.985.